The average molecular weight is 502 g/mol. The van der Waals surface area contributed by atoms with Gasteiger partial charge in [0.25, 0.3) is 0 Å². The lowest BCUT2D eigenvalue weighted by molar-refractivity contribution is -0.139. The van der Waals surface area contributed by atoms with E-state index < -0.39 is 0 Å². The highest BCUT2D eigenvalue weighted by atomic mass is 35.5. The van der Waals surface area contributed by atoms with Crippen molar-refractivity contribution in [1.82, 2.24) is 24.5 Å². The number of halogens is 1. The van der Waals surface area contributed by atoms with E-state index in [0.717, 1.165) is 50.5 Å². The molecule has 0 saturated carbocycles. The number of likely N-dealkylation sites (N-methyl/N-ethyl adjacent to an activating group) is 1. The van der Waals surface area contributed by atoms with Crippen molar-refractivity contribution < 1.29 is 14.3 Å². The van der Waals surface area contributed by atoms with Crippen molar-refractivity contribution in [2.75, 3.05) is 52.9 Å². The fraction of sp³-hybridized carbons (Fsp3) is 0.577. The fourth-order valence-corrected chi connectivity index (χ4v) is 4.98. The molecule has 0 radical (unpaired) electrons. The Morgan fingerprint density at radius 1 is 0.971 bits per heavy atom. The number of hydrogen-bond donors (Lipinski definition) is 0. The minimum atomic E-state index is -0.296. The van der Waals surface area contributed by atoms with Crippen LogP contribution in [0.1, 0.15) is 31.4 Å². The Balaban J connectivity index is 1.37. The molecule has 0 spiro atoms. The van der Waals surface area contributed by atoms with Gasteiger partial charge in [0.2, 0.25) is 11.8 Å². The van der Waals surface area contributed by atoms with Crippen LogP contribution in [-0.4, -0.2) is 89.2 Å². The summed E-state index contributed by atoms with van der Waals surface area (Å²) in [5.41, 5.74) is 0.757. The predicted molar refractivity (Wildman–Crippen MR) is 135 cm³/mol. The first-order valence-corrected chi connectivity index (χ1v) is 12.8. The van der Waals surface area contributed by atoms with Gasteiger partial charge in [-0.15, -0.1) is 0 Å². The molecule has 4 rings (SSSR count). The van der Waals surface area contributed by atoms with Crippen molar-refractivity contribution in [3.05, 3.63) is 47.2 Å². The third-order valence-electron chi connectivity index (χ3n) is 7.38. The van der Waals surface area contributed by atoms with Gasteiger partial charge in [0.15, 0.2) is 0 Å². The molecule has 8 nitrogen and oxygen atoms in total. The summed E-state index contributed by atoms with van der Waals surface area (Å²) in [5.74, 6) is 1.07. The number of hydrogen-bond acceptors (Lipinski definition) is 5. The summed E-state index contributed by atoms with van der Waals surface area (Å²) >= 11 is 6.01. The maximum atomic E-state index is 13.3. The molecule has 2 aromatic rings. The lowest BCUT2D eigenvalue weighted by Crippen LogP contribution is -2.51. The van der Waals surface area contributed by atoms with Crippen LogP contribution in [0.3, 0.4) is 0 Å². The molecule has 2 aliphatic heterocycles. The molecule has 1 aromatic heterocycles. The Labute approximate surface area is 212 Å². The molecular weight excluding hydrogens is 466 g/mol. The lowest BCUT2D eigenvalue weighted by atomic mass is 9.75. The predicted octanol–water partition coefficient (Wildman–Crippen LogP) is 3.09. The number of likely N-dealkylation sites (tertiary alicyclic amines) is 1. The molecule has 2 amide bonds. The van der Waals surface area contributed by atoms with Crippen molar-refractivity contribution in [2.24, 2.45) is 5.41 Å². The summed E-state index contributed by atoms with van der Waals surface area (Å²) in [6.07, 6.45) is 4.11. The molecule has 35 heavy (non-hydrogen) atoms. The summed E-state index contributed by atoms with van der Waals surface area (Å²) in [6.45, 7) is 7.62. The van der Waals surface area contributed by atoms with Crippen molar-refractivity contribution in [1.29, 1.82) is 0 Å². The molecule has 2 fully saturated rings. The summed E-state index contributed by atoms with van der Waals surface area (Å²) in [4.78, 5) is 32.3. The summed E-state index contributed by atoms with van der Waals surface area (Å²) in [7, 11) is 2.09. The van der Waals surface area contributed by atoms with E-state index in [9.17, 15) is 9.59 Å². The molecular formula is C26H36ClN5O3. The van der Waals surface area contributed by atoms with Crippen LogP contribution >= 0.6 is 11.6 Å². The number of piperidine rings is 1. The van der Waals surface area contributed by atoms with Crippen LogP contribution in [0.2, 0.25) is 5.02 Å². The Kier molecular flexibility index (Phi) is 8.34. The van der Waals surface area contributed by atoms with E-state index in [2.05, 4.69) is 17.0 Å². The number of piperazine rings is 1. The van der Waals surface area contributed by atoms with Crippen LogP contribution in [0, 0.1) is 12.3 Å². The number of aryl methyl sites for hydroxylation is 2. The number of nitrogens with zero attached hydrogens (tertiary/aromatic N) is 5. The molecule has 2 aliphatic rings. The Bertz CT molecular complexity index is 993. The zero-order valence-electron chi connectivity index (χ0n) is 20.8. The van der Waals surface area contributed by atoms with Gasteiger partial charge >= 0.3 is 0 Å². The van der Waals surface area contributed by atoms with Crippen molar-refractivity contribution in [3.8, 4) is 5.75 Å². The topological polar surface area (TPSA) is 70.9 Å². The number of rotatable bonds is 8. The largest absolute Gasteiger partial charge is 0.493 e. The van der Waals surface area contributed by atoms with Crippen LogP contribution in [-0.2, 0) is 16.1 Å². The van der Waals surface area contributed by atoms with Gasteiger partial charge in [-0.2, -0.15) is 5.10 Å². The van der Waals surface area contributed by atoms with Gasteiger partial charge in [-0.1, -0.05) is 11.6 Å². The highest BCUT2D eigenvalue weighted by molar-refractivity contribution is 6.30. The van der Waals surface area contributed by atoms with E-state index in [1.54, 1.807) is 6.20 Å². The maximum Gasteiger partial charge on any atom is 0.224 e. The molecule has 0 atom stereocenters. The van der Waals surface area contributed by atoms with Gasteiger partial charge in [0, 0.05) is 81.0 Å². The van der Waals surface area contributed by atoms with Crippen LogP contribution in [0.4, 0.5) is 0 Å². The van der Waals surface area contributed by atoms with Crippen LogP contribution in [0.25, 0.3) is 0 Å². The minimum absolute atomic E-state index is 0.137. The third kappa shape index (κ3) is 6.76. The molecule has 9 heteroatoms. The number of ether oxygens (including phenoxy) is 1. The van der Waals surface area contributed by atoms with Gasteiger partial charge < -0.3 is 19.4 Å². The maximum absolute atomic E-state index is 13.3. The Morgan fingerprint density at radius 3 is 2.26 bits per heavy atom. The molecule has 2 saturated heterocycles. The quantitative estimate of drug-likeness (QED) is 0.556. The second-order valence-electron chi connectivity index (χ2n) is 9.93. The lowest BCUT2D eigenvalue weighted by Gasteiger charge is -2.43. The zero-order valence-corrected chi connectivity index (χ0v) is 21.5. The van der Waals surface area contributed by atoms with E-state index in [4.69, 9.17) is 16.3 Å². The van der Waals surface area contributed by atoms with Gasteiger partial charge in [-0.3, -0.25) is 14.3 Å². The third-order valence-corrected chi connectivity index (χ3v) is 7.64. The van der Waals surface area contributed by atoms with E-state index in [1.807, 2.05) is 51.7 Å². The zero-order chi connectivity index (χ0) is 24.8. The summed E-state index contributed by atoms with van der Waals surface area (Å²) < 4.78 is 8.02. The average Bonchev–Trinajstić information content (AvgIpc) is 3.27. The van der Waals surface area contributed by atoms with Gasteiger partial charge in [-0.25, -0.2) is 0 Å². The van der Waals surface area contributed by atoms with E-state index in [0.29, 0.717) is 44.1 Å². The van der Waals surface area contributed by atoms with Crippen molar-refractivity contribution in [3.63, 3.8) is 0 Å². The first kappa shape index (κ1) is 25.5. The van der Waals surface area contributed by atoms with E-state index in [1.165, 1.54) is 0 Å². The molecule has 0 bridgehead atoms. The Morgan fingerprint density at radius 2 is 1.63 bits per heavy atom. The van der Waals surface area contributed by atoms with E-state index >= 15 is 0 Å². The molecule has 0 N–H and O–H groups in total. The second-order valence-corrected chi connectivity index (χ2v) is 10.4. The smallest absolute Gasteiger partial charge is 0.224 e. The van der Waals surface area contributed by atoms with Gasteiger partial charge in [0.05, 0.1) is 6.61 Å². The molecule has 0 unspecified atom stereocenters. The normalized spacial score (nSPS) is 18.5. The standard InChI is InChI=1S/C26H36ClN5O3/c1-21-7-11-28-32(21)12-8-24(33)30-13-9-26(10-14-30,20-35-23-5-3-22(27)4-6-23)19-25(34)31-17-15-29(2)16-18-31/h3-7,11H,8-10,12-20H2,1-2H3. The van der Waals surface area contributed by atoms with Crippen LogP contribution < -0.4 is 4.74 Å². The first-order valence-electron chi connectivity index (χ1n) is 12.4. The van der Waals surface area contributed by atoms with E-state index in [-0.39, 0.29) is 17.2 Å². The number of carbonyl (C=O) groups is 2. The minimum Gasteiger partial charge on any atom is -0.493 e. The molecule has 3 heterocycles. The fourth-order valence-electron chi connectivity index (χ4n) is 4.85. The number of amides is 2. The van der Waals surface area contributed by atoms with Crippen molar-refractivity contribution >= 4 is 23.4 Å². The molecule has 1 aromatic carbocycles. The van der Waals surface area contributed by atoms with Crippen molar-refractivity contribution in [2.45, 2.75) is 39.2 Å². The summed E-state index contributed by atoms with van der Waals surface area (Å²) in [6, 6.07) is 9.27. The monoisotopic (exact) mass is 501 g/mol. The molecule has 0 aliphatic carbocycles. The highest BCUT2D eigenvalue weighted by Gasteiger charge is 2.40. The highest BCUT2D eigenvalue weighted by Crippen LogP contribution is 2.37. The summed E-state index contributed by atoms with van der Waals surface area (Å²) in [5, 5.41) is 4.93. The number of carbonyl (C=O) groups excluding carboxylic acids is 2. The Hall–Kier alpha value is -2.58. The first-order chi connectivity index (χ1) is 16.8. The number of aromatic nitrogens is 2. The van der Waals surface area contributed by atoms with Gasteiger partial charge in [0.1, 0.15) is 5.75 Å². The van der Waals surface area contributed by atoms with Crippen LogP contribution in [0.15, 0.2) is 36.5 Å². The SMILES string of the molecule is Cc1ccnn1CCC(=O)N1CCC(COc2ccc(Cl)cc2)(CC(=O)N2CCN(C)CC2)CC1. The van der Waals surface area contributed by atoms with Gasteiger partial charge in [-0.05, 0) is 57.1 Å². The second kappa shape index (κ2) is 11.4. The molecule has 190 valence electrons. The number of benzene rings is 1. The van der Waals surface area contributed by atoms with Crippen LogP contribution in [0.5, 0.6) is 5.75 Å².